The van der Waals surface area contributed by atoms with Gasteiger partial charge in [0.05, 0.1) is 0 Å². The Morgan fingerprint density at radius 1 is 0.765 bits per heavy atom. The summed E-state index contributed by atoms with van der Waals surface area (Å²) in [5.74, 6) is -9.36. The van der Waals surface area contributed by atoms with Crippen molar-refractivity contribution in [3.05, 3.63) is 11.9 Å². The zero-order chi connectivity index (χ0) is 14.0. The lowest BCUT2D eigenvalue weighted by Crippen LogP contribution is -2.44. The molecule has 3 atom stereocenters. The summed E-state index contributed by atoms with van der Waals surface area (Å²) in [6.07, 6.45) is -20.4. The van der Waals surface area contributed by atoms with Crippen LogP contribution in [-0.2, 0) is 0 Å². The van der Waals surface area contributed by atoms with Crippen molar-refractivity contribution >= 4 is 0 Å². The Labute approximate surface area is 87.9 Å². The van der Waals surface area contributed by atoms with E-state index in [9.17, 15) is 43.9 Å². The molecule has 0 amide bonds. The van der Waals surface area contributed by atoms with E-state index in [1.165, 1.54) is 0 Å². The van der Waals surface area contributed by atoms with Gasteiger partial charge in [-0.2, -0.15) is 22.0 Å². The number of rotatable bonds is 5. The van der Waals surface area contributed by atoms with Crippen molar-refractivity contribution < 1.29 is 43.9 Å². The van der Waals surface area contributed by atoms with E-state index in [4.69, 9.17) is 0 Å². The highest BCUT2D eigenvalue weighted by atomic mass is 19.3. The van der Waals surface area contributed by atoms with Crippen molar-refractivity contribution in [2.45, 2.75) is 30.9 Å². The Kier molecular flexibility index (Phi) is 5.27. The van der Waals surface area contributed by atoms with Gasteiger partial charge in [-0.1, -0.05) is 0 Å². The summed E-state index contributed by atoms with van der Waals surface area (Å²) in [5, 5.41) is 0. The van der Waals surface area contributed by atoms with Crippen LogP contribution < -0.4 is 0 Å². The highest BCUT2D eigenvalue weighted by molar-refractivity contribution is 5.10. The molecule has 0 radical (unpaired) electrons. The molecule has 0 nitrogen and oxygen atoms in total. The third kappa shape index (κ3) is 3.50. The summed E-state index contributed by atoms with van der Waals surface area (Å²) >= 11 is 0. The summed E-state index contributed by atoms with van der Waals surface area (Å²) in [6.45, 7) is 0. The molecule has 0 N–H and O–H groups in total. The maximum atomic E-state index is 12.5. The Hall–Kier alpha value is -0.960. The number of allylic oxidation sites excluding steroid dienone is 1. The van der Waals surface area contributed by atoms with E-state index >= 15 is 0 Å². The average Bonchev–Trinajstić information content (AvgIpc) is 2.24. The number of hydrogen-bond donors (Lipinski definition) is 0. The largest absolute Gasteiger partial charge is 0.337 e. The molecule has 0 rings (SSSR count). The topological polar surface area (TPSA) is 0 Å². The molecule has 0 aromatic rings. The zero-order valence-corrected chi connectivity index (χ0v) is 7.59. The lowest BCUT2D eigenvalue weighted by molar-refractivity contribution is -0.117. The first-order valence-corrected chi connectivity index (χ1v) is 3.82. The van der Waals surface area contributed by atoms with Gasteiger partial charge in [0.1, 0.15) is 0 Å². The molecule has 0 aliphatic carbocycles. The SMILES string of the molecule is FC(F)=C(F)C(F)(F)C(F)C(F)C(F)C(F)F. The van der Waals surface area contributed by atoms with E-state index in [1.54, 1.807) is 0 Å². The van der Waals surface area contributed by atoms with Gasteiger partial charge in [-0.3, -0.25) is 0 Å². The fourth-order valence-electron chi connectivity index (χ4n) is 0.747. The molecule has 3 unspecified atom stereocenters. The van der Waals surface area contributed by atoms with Gasteiger partial charge >= 0.3 is 12.0 Å². The highest BCUT2D eigenvalue weighted by Gasteiger charge is 2.55. The summed E-state index contributed by atoms with van der Waals surface area (Å²) in [6, 6.07) is 0. The van der Waals surface area contributed by atoms with E-state index < -0.39 is 42.8 Å². The molecule has 0 aliphatic heterocycles. The first kappa shape index (κ1) is 16.0. The molecule has 0 saturated carbocycles. The van der Waals surface area contributed by atoms with Crippen LogP contribution in [0.1, 0.15) is 0 Å². The molecule has 17 heavy (non-hydrogen) atoms. The third-order valence-electron chi connectivity index (χ3n) is 1.63. The van der Waals surface area contributed by atoms with Crippen LogP contribution in [0.4, 0.5) is 43.9 Å². The van der Waals surface area contributed by atoms with Crippen molar-refractivity contribution in [3.8, 4) is 0 Å². The van der Waals surface area contributed by atoms with E-state index in [0.29, 0.717) is 0 Å². The minimum atomic E-state index is -5.72. The van der Waals surface area contributed by atoms with Crippen molar-refractivity contribution in [3.63, 3.8) is 0 Å². The summed E-state index contributed by atoms with van der Waals surface area (Å²) < 4.78 is 120. The van der Waals surface area contributed by atoms with Gasteiger partial charge in [-0.05, 0) is 0 Å². The third-order valence-corrected chi connectivity index (χ3v) is 1.63. The van der Waals surface area contributed by atoms with Gasteiger partial charge in [0, 0.05) is 0 Å². The van der Waals surface area contributed by atoms with Crippen LogP contribution in [0, 0.1) is 0 Å². The second-order valence-electron chi connectivity index (χ2n) is 2.82. The molecule has 0 aromatic heterocycles. The summed E-state index contributed by atoms with van der Waals surface area (Å²) in [5.41, 5.74) is 0. The average molecular weight is 278 g/mol. The number of hydrogen-bond acceptors (Lipinski definition) is 0. The Bertz CT molecular complexity index is 280. The van der Waals surface area contributed by atoms with Gasteiger partial charge < -0.3 is 0 Å². The molecule has 0 spiro atoms. The molecule has 102 valence electrons. The quantitative estimate of drug-likeness (QED) is 0.667. The molecular formula is C7H4F10. The predicted octanol–water partition coefficient (Wildman–Crippen LogP) is 3.98. The Morgan fingerprint density at radius 2 is 1.18 bits per heavy atom. The van der Waals surface area contributed by atoms with E-state index in [1.807, 2.05) is 0 Å². The van der Waals surface area contributed by atoms with Crippen LogP contribution in [0.15, 0.2) is 11.9 Å². The van der Waals surface area contributed by atoms with E-state index in [-0.39, 0.29) is 0 Å². The number of halogens is 10. The fourth-order valence-corrected chi connectivity index (χ4v) is 0.747. The van der Waals surface area contributed by atoms with Crippen LogP contribution in [0.25, 0.3) is 0 Å². The Morgan fingerprint density at radius 3 is 1.47 bits per heavy atom. The van der Waals surface area contributed by atoms with Gasteiger partial charge in [-0.15, -0.1) is 0 Å². The minimum absolute atomic E-state index is 3.63. The summed E-state index contributed by atoms with van der Waals surface area (Å²) in [7, 11) is 0. The van der Waals surface area contributed by atoms with E-state index in [2.05, 4.69) is 0 Å². The molecule has 10 heteroatoms. The molecule has 0 heterocycles. The second-order valence-corrected chi connectivity index (χ2v) is 2.82. The van der Waals surface area contributed by atoms with Crippen LogP contribution in [0.5, 0.6) is 0 Å². The van der Waals surface area contributed by atoms with Crippen LogP contribution >= 0.6 is 0 Å². The van der Waals surface area contributed by atoms with Gasteiger partial charge in [-0.25, -0.2) is 22.0 Å². The fraction of sp³-hybridized carbons (Fsp3) is 0.714. The maximum Gasteiger partial charge on any atom is 0.337 e. The standard InChI is InChI=1S/C7H4F10/c8-1(2(9)5(12)13)3(10)7(16,17)4(11)6(14)15/h1-3,5H. The van der Waals surface area contributed by atoms with Crippen molar-refractivity contribution in [1.82, 2.24) is 0 Å². The normalized spacial score (nSPS) is 17.8. The van der Waals surface area contributed by atoms with Crippen LogP contribution in [0.3, 0.4) is 0 Å². The smallest absolute Gasteiger partial charge is 0.241 e. The first-order valence-electron chi connectivity index (χ1n) is 3.82. The van der Waals surface area contributed by atoms with Crippen LogP contribution in [-0.4, -0.2) is 30.9 Å². The molecule has 0 fully saturated rings. The van der Waals surface area contributed by atoms with Crippen molar-refractivity contribution in [2.75, 3.05) is 0 Å². The predicted molar refractivity (Wildman–Crippen MR) is 36.0 cm³/mol. The van der Waals surface area contributed by atoms with Gasteiger partial charge in [0.2, 0.25) is 12.0 Å². The van der Waals surface area contributed by atoms with Crippen molar-refractivity contribution in [2.24, 2.45) is 0 Å². The number of alkyl halides is 7. The molecule has 0 aliphatic rings. The second kappa shape index (κ2) is 5.58. The van der Waals surface area contributed by atoms with Crippen molar-refractivity contribution in [1.29, 1.82) is 0 Å². The monoisotopic (exact) mass is 278 g/mol. The van der Waals surface area contributed by atoms with E-state index in [0.717, 1.165) is 0 Å². The van der Waals surface area contributed by atoms with Gasteiger partial charge in [0.25, 0.3) is 6.43 Å². The molecule has 0 saturated heterocycles. The maximum absolute atomic E-state index is 12.5. The van der Waals surface area contributed by atoms with Gasteiger partial charge in [0.15, 0.2) is 12.3 Å². The minimum Gasteiger partial charge on any atom is -0.241 e. The zero-order valence-electron chi connectivity index (χ0n) is 7.59. The summed E-state index contributed by atoms with van der Waals surface area (Å²) in [4.78, 5) is 0. The molecule has 0 aromatic carbocycles. The lowest BCUT2D eigenvalue weighted by atomic mass is 10.1. The molecule has 0 bridgehead atoms. The lowest BCUT2D eigenvalue weighted by Gasteiger charge is -2.23. The first-order chi connectivity index (χ1) is 7.53. The van der Waals surface area contributed by atoms with Crippen LogP contribution in [0.2, 0.25) is 0 Å². The molecular weight excluding hydrogens is 274 g/mol. The Balaban J connectivity index is 5.04. The highest BCUT2D eigenvalue weighted by Crippen LogP contribution is 2.38.